The highest BCUT2D eigenvalue weighted by molar-refractivity contribution is 8.14. The van der Waals surface area contributed by atoms with Gasteiger partial charge in [0.2, 0.25) is 0 Å². The molecule has 1 aliphatic rings. The average molecular weight is 302 g/mol. The minimum Gasteiger partial charge on any atom is -0.334 e. The molecule has 2 rings (SSSR count). The summed E-state index contributed by atoms with van der Waals surface area (Å²) in [4.78, 5) is 4.50. The first-order chi connectivity index (χ1) is 9.38. The summed E-state index contributed by atoms with van der Waals surface area (Å²) in [6.07, 6.45) is -3.39. The molecule has 2 nitrogen and oxygen atoms in total. The number of para-hydroxylation sites is 1. The van der Waals surface area contributed by atoms with Gasteiger partial charge in [0.1, 0.15) is 0 Å². The molecule has 1 aromatic carbocycles. The Morgan fingerprint density at radius 3 is 2.65 bits per heavy atom. The Labute approximate surface area is 120 Å². The number of nitrogens with zero attached hydrogens (tertiary/aromatic N) is 1. The fourth-order valence-electron chi connectivity index (χ4n) is 2.03. The van der Waals surface area contributed by atoms with E-state index in [4.69, 9.17) is 0 Å². The van der Waals surface area contributed by atoms with Gasteiger partial charge in [-0.3, -0.25) is 4.99 Å². The van der Waals surface area contributed by atoms with E-state index in [9.17, 15) is 13.2 Å². The summed E-state index contributed by atoms with van der Waals surface area (Å²) in [5.74, 6) is 1.27. The van der Waals surface area contributed by atoms with Crippen LogP contribution in [0.1, 0.15) is 25.8 Å². The predicted octanol–water partition coefficient (Wildman–Crippen LogP) is 4.63. The van der Waals surface area contributed by atoms with Gasteiger partial charge in [0.15, 0.2) is 5.17 Å². The zero-order valence-corrected chi connectivity index (χ0v) is 12.2. The van der Waals surface area contributed by atoms with Crippen molar-refractivity contribution in [1.82, 2.24) is 0 Å². The van der Waals surface area contributed by atoms with Crippen LogP contribution in [0.2, 0.25) is 0 Å². The molecule has 110 valence electrons. The molecule has 1 aliphatic heterocycles. The summed E-state index contributed by atoms with van der Waals surface area (Å²) in [6, 6.07) is 5.67. The van der Waals surface area contributed by atoms with E-state index in [2.05, 4.69) is 24.2 Å². The largest absolute Gasteiger partial charge is 0.418 e. The second-order valence-electron chi connectivity index (χ2n) is 5.05. The van der Waals surface area contributed by atoms with Gasteiger partial charge in [-0.2, -0.15) is 13.2 Å². The highest BCUT2D eigenvalue weighted by Gasteiger charge is 2.33. The Hall–Kier alpha value is -1.17. The maximum atomic E-state index is 12.9. The molecule has 0 bridgehead atoms. The Bertz CT molecular complexity index is 497. The number of amidine groups is 1. The van der Waals surface area contributed by atoms with Crippen molar-refractivity contribution in [2.24, 2.45) is 10.9 Å². The maximum Gasteiger partial charge on any atom is 0.418 e. The van der Waals surface area contributed by atoms with Crippen LogP contribution in [0.25, 0.3) is 0 Å². The highest BCUT2D eigenvalue weighted by atomic mass is 32.2. The number of rotatable bonds is 2. The maximum absolute atomic E-state index is 12.9. The first-order valence-corrected chi connectivity index (χ1v) is 7.50. The zero-order chi connectivity index (χ0) is 14.8. The molecule has 0 saturated carbocycles. The number of aliphatic imine (C=N–C) groups is 1. The Morgan fingerprint density at radius 2 is 2.00 bits per heavy atom. The van der Waals surface area contributed by atoms with Gasteiger partial charge in [0, 0.05) is 5.75 Å². The van der Waals surface area contributed by atoms with Crippen molar-refractivity contribution in [3.63, 3.8) is 0 Å². The van der Waals surface area contributed by atoms with Crippen molar-refractivity contribution in [2.45, 2.75) is 32.5 Å². The molecule has 0 spiro atoms. The van der Waals surface area contributed by atoms with E-state index >= 15 is 0 Å². The van der Waals surface area contributed by atoms with Crippen LogP contribution in [-0.2, 0) is 6.18 Å². The minimum absolute atomic E-state index is 0.0654. The Kier molecular flexibility index (Phi) is 4.62. The predicted molar refractivity (Wildman–Crippen MR) is 78.2 cm³/mol. The summed E-state index contributed by atoms with van der Waals surface area (Å²) in [5.41, 5.74) is -0.592. The van der Waals surface area contributed by atoms with Gasteiger partial charge in [-0.25, -0.2) is 0 Å². The summed E-state index contributed by atoms with van der Waals surface area (Å²) in [5, 5.41) is 3.41. The third-order valence-electron chi connectivity index (χ3n) is 3.18. The number of nitrogens with one attached hydrogen (secondary N) is 1. The van der Waals surface area contributed by atoms with Crippen molar-refractivity contribution in [2.75, 3.05) is 11.1 Å². The van der Waals surface area contributed by atoms with Crippen LogP contribution in [0.4, 0.5) is 18.9 Å². The van der Waals surface area contributed by atoms with E-state index in [0.717, 1.165) is 18.2 Å². The van der Waals surface area contributed by atoms with E-state index in [1.807, 2.05) is 0 Å². The molecule has 1 atom stereocenters. The van der Waals surface area contributed by atoms with Crippen LogP contribution in [-0.4, -0.2) is 17.0 Å². The fraction of sp³-hybridized carbons (Fsp3) is 0.500. The lowest BCUT2D eigenvalue weighted by atomic mass is 10.0. The van der Waals surface area contributed by atoms with Crippen molar-refractivity contribution in [1.29, 1.82) is 0 Å². The molecule has 1 unspecified atom stereocenters. The van der Waals surface area contributed by atoms with E-state index in [-0.39, 0.29) is 11.7 Å². The molecule has 0 amide bonds. The van der Waals surface area contributed by atoms with Gasteiger partial charge in [0.05, 0.1) is 17.3 Å². The number of hydrogen-bond donors (Lipinski definition) is 1. The third-order valence-corrected chi connectivity index (χ3v) is 4.10. The number of halogens is 3. The minimum atomic E-state index is -4.36. The second kappa shape index (κ2) is 6.08. The summed E-state index contributed by atoms with van der Waals surface area (Å²) < 4.78 is 38.8. The van der Waals surface area contributed by atoms with Crippen LogP contribution in [0.15, 0.2) is 29.3 Å². The molecular formula is C14H17F3N2S. The number of hydrogen-bond acceptors (Lipinski definition) is 3. The lowest BCUT2D eigenvalue weighted by Crippen LogP contribution is -2.24. The van der Waals surface area contributed by atoms with E-state index in [1.54, 1.807) is 6.07 Å². The first kappa shape index (κ1) is 15.2. The smallest absolute Gasteiger partial charge is 0.334 e. The Morgan fingerprint density at radius 1 is 1.30 bits per heavy atom. The third kappa shape index (κ3) is 3.69. The van der Waals surface area contributed by atoms with Crippen LogP contribution < -0.4 is 5.32 Å². The number of alkyl halides is 3. The van der Waals surface area contributed by atoms with Crippen molar-refractivity contribution in [3.8, 4) is 0 Å². The van der Waals surface area contributed by atoms with E-state index in [0.29, 0.717) is 11.1 Å². The summed E-state index contributed by atoms with van der Waals surface area (Å²) in [6.45, 7) is 4.15. The van der Waals surface area contributed by atoms with Crippen molar-refractivity contribution < 1.29 is 13.2 Å². The average Bonchev–Trinajstić information content (AvgIpc) is 2.38. The molecule has 0 aliphatic carbocycles. The molecule has 0 fully saturated rings. The molecule has 0 aromatic heterocycles. The van der Waals surface area contributed by atoms with Gasteiger partial charge >= 0.3 is 6.18 Å². The van der Waals surface area contributed by atoms with Crippen molar-refractivity contribution in [3.05, 3.63) is 29.8 Å². The highest BCUT2D eigenvalue weighted by Crippen LogP contribution is 2.35. The second-order valence-corrected chi connectivity index (χ2v) is 6.13. The normalized spacial score (nSPS) is 19.9. The molecule has 1 aromatic rings. The SMILES string of the molecule is CC(C)C1CCSC(Nc2ccccc2C(F)(F)F)=N1. The monoisotopic (exact) mass is 302 g/mol. The van der Waals surface area contributed by atoms with Gasteiger partial charge in [0.25, 0.3) is 0 Å². The molecular weight excluding hydrogens is 285 g/mol. The standard InChI is InChI=1S/C14H17F3N2S/c1-9(2)11-7-8-20-13(18-11)19-12-6-4-3-5-10(12)14(15,16)17/h3-6,9,11H,7-8H2,1-2H3,(H,18,19). The number of thioether (sulfide) groups is 1. The van der Waals surface area contributed by atoms with Crippen LogP contribution in [0.5, 0.6) is 0 Å². The van der Waals surface area contributed by atoms with Gasteiger partial charge < -0.3 is 5.32 Å². The zero-order valence-electron chi connectivity index (χ0n) is 11.4. The number of benzene rings is 1. The van der Waals surface area contributed by atoms with E-state index in [1.165, 1.54) is 23.9 Å². The molecule has 1 heterocycles. The molecule has 1 N–H and O–H groups in total. The van der Waals surface area contributed by atoms with E-state index < -0.39 is 11.7 Å². The lowest BCUT2D eigenvalue weighted by molar-refractivity contribution is -0.136. The quantitative estimate of drug-likeness (QED) is 0.861. The first-order valence-electron chi connectivity index (χ1n) is 6.52. The topological polar surface area (TPSA) is 24.4 Å². The van der Waals surface area contributed by atoms with Crippen LogP contribution in [0.3, 0.4) is 0 Å². The van der Waals surface area contributed by atoms with Gasteiger partial charge in [-0.15, -0.1) is 0 Å². The molecule has 0 radical (unpaired) electrons. The van der Waals surface area contributed by atoms with Gasteiger partial charge in [-0.05, 0) is 24.5 Å². The summed E-state index contributed by atoms with van der Waals surface area (Å²) >= 11 is 1.47. The van der Waals surface area contributed by atoms with Crippen molar-refractivity contribution >= 4 is 22.6 Å². The molecule has 0 saturated heterocycles. The number of anilines is 1. The fourth-order valence-corrected chi connectivity index (χ4v) is 2.98. The van der Waals surface area contributed by atoms with Crippen LogP contribution >= 0.6 is 11.8 Å². The van der Waals surface area contributed by atoms with Gasteiger partial charge in [-0.1, -0.05) is 37.7 Å². The molecule has 6 heteroatoms. The lowest BCUT2D eigenvalue weighted by Gasteiger charge is -2.24. The van der Waals surface area contributed by atoms with Crippen LogP contribution in [0, 0.1) is 5.92 Å². The molecule has 20 heavy (non-hydrogen) atoms. The summed E-state index contributed by atoms with van der Waals surface area (Å²) in [7, 11) is 0. The Balaban J connectivity index is 2.22.